The Morgan fingerprint density at radius 3 is 2.52 bits per heavy atom. The smallest absolute Gasteiger partial charge is 0.281 e. The molecule has 4 rings (SSSR count). The summed E-state index contributed by atoms with van der Waals surface area (Å²) in [7, 11) is 0. The summed E-state index contributed by atoms with van der Waals surface area (Å²) in [6.07, 6.45) is 6.62. The van der Waals surface area contributed by atoms with Crippen LogP contribution in [0.3, 0.4) is 0 Å². The zero-order valence-corrected chi connectivity index (χ0v) is 17.0. The summed E-state index contributed by atoms with van der Waals surface area (Å²) in [5.74, 6) is 0.170. The lowest BCUT2D eigenvalue weighted by Crippen LogP contribution is -2.02. The number of allylic oxidation sites excluding steroid dienone is 4. The Morgan fingerprint density at radius 2 is 1.87 bits per heavy atom. The molecule has 0 bridgehead atoms. The van der Waals surface area contributed by atoms with Crippen LogP contribution in [0.25, 0.3) is 39.9 Å². The Hall–Kier alpha value is -3.98. The van der Waals surface area contributed by atoms with Gasteiger partial charge in [0.25, 0.3) is 5.89 Å². The van der Waals surface area contributed by atoms with Crippen LogP contribution in [0.5, 0.6) is 0 Å². The monoisotopic (exact) mass is 417 g/mol. The van der Waals surface area contributed by atoms with Gasteiger partial charge in [0.15, 0.2) is 5.69 Å². The van der Waals surface area contributed by atoms with Crippen LogP contribution in [0.1, 0.15) is 19.4 Å². The zero-order valence-electron chi connectivity index (χ0n) is 17.0. The average Bonchev–Trinajstić information content (AvgIpc) is 3.45. The largest absolute Gasteiger partial charge is 0.332 e. The van der Waals surface area contributed by atoms with E-state index in [1.165, 1.54) is 11.6 Å². The number of halogens is 1. The van der Waals surface area contributed by atoms with Gasteiger partial charge < -0.3 is 10.3 Å². The lowest BCUT2D eigenvalue weighted by Gasteiger charge is -2.08. The Labute approximate surface area is 177 Å². The topological polar surface area (TPSA) is 109 Å². The molecule has 9 heteroatoms. The minimum Gasteiger partial charge on any atom is -0.332 e. The molecule has 3 aromatic heterocycles. The molecule has 0 saturated carbocycles. The normalized spacial score (nSPS) is 12.4. The molecular weight excluding hydrogens is 397 g/mol. The number of hydrogen-bond acceptors (Lipinski definition) is 7. The molecule has 0 atom stereocenters. The van der Waals surface area contributed by atoms with E-state index >= 15 is 0 Å². The van der Waals surface area contributed by atoms with Crippen molar-refractivity contribution in [2.75, 3.05) is 0 Å². The second-order valence-corrected chi connectivity index (χ2v) is 6.68. The molecule has 4 aromatic rings. The maximum atomic E-state index is 14.3. The second-order valence-electron chi connectivity index (χ2n) is 6.68. The van der Waals surface area contributed by atoms with Gasteiger partial charge in [-0.3, -0.25) is 4.98 Å². The Morgan fingerprint density at radius 1 is 1.13 bits per heavy atom. The molecule has 0 unspecified atom stereocenters. The third-order valence-electron chi connectivity index (χ3n) is 4.61. The van der Waals surface area contributed by atoms with Gasteiger partial charge in [0.1, 0.15) is 11.5 Å². The Balaban J connectivity index is 1.84. The minimum atomic E-state index is -0.406. The highest BCUT2D eigenvalue weighted by Gasteiger charge is 2.24. The van der Waals surface area contributed by atoms with Crippen molar-refractivity contribution < 1.29 is 8.91 Å². The fraction of sp³-hybridized carbons (Fsp3) is 0.136. The molecule has 2 N–H and O–H groups in total. The number of aromatic nitrogens is 6. The molecule has 0 radical (unpaired) electrons. The molecule has 0 fully saturated rings. The van der Waals surface area contributed by atoms with E-state index in [0.29, 0.717) is 23.8 Å². The average molecular weight is 417 g/mol. The number of nitrogens with zero attached hydrogens (tertiary/aromatic N) is 6. The Kier molecular flexibility index (Phi) is 5.76. The summed E-state index contributed by atoms with van der Waals surface area (Å²) in [4.78, 5) is 8.54. The van der Waals surface area contributed by atoms with E-state index in [0.717, 1.165) is 16.7 Å². The van der Waals surface area contributed by atoms with Gasteiger partial charge >= 0.3 is 0 Å². The molecule has 0 aliphatic carbocycles. The SMILES string of the molecule is C/C=C\C(=C(/C)F)n1nnc(-c2nc(-c3ccc(CN)cc3)no2)c1-c1ccncc1. The molecule has 1 aromatic carbocycles. The molecule has 0 saturated heterocycles. The predicted molar refractivity (Wildman–Crippen MR) is 115 cm³/mol. The summed E-state index contributed by atoms with van der Waals surface area (Å²) in [6, 6.07) is 11.1. The van der Waals surface area contributed by atoms with Crippen molar-refractivity contribution in [3.05, 3.63) is 72.3 Å². The van der Waals surface area contributed by atoms with Crippen molar-refractivity contribution in [3.8, 4) is 34.2 Å². The lowest BCUT2D eigenvalue weighted by molar-refractivity contribution is 0.431. The quantitative estimate of drug-likeness (QED) is 0.467. The molecule has 0 aliphatic heterocycles. The summed E-state index contributed by atoms with van der Waals surface area (Å²) < 4.78 is 21.2. The third-order valence-corrected chi connectivity index (χ3v) is 4.61. The summed E-state index contributed by atoms with van der Waals surface area (Å²) in [6.45, 7) is 3.61. The van der Waals surface area contributed by atoms with Crippen molar-refractivity contribution in [2.24, 2.45) is 5.73 Å². The van der Waals surface area contributed by atoms with E-state index in [9.17, 15) is 4.39 Å². The van der Waals surface area contributed by atoms with Gasteiger partial charge in [-0.2, -0.15) is 4.98 Å². The van der Waals surface area contributed by atoms with Gasteiger partial charge in [0.05, 0.1) is 5.70 Å². The zero-order chi connectivity index (χ0) is 21.8. The van der Waals surface area contributed by atoms with Crippen molar-refractivity contribution in [3.63, 3.8) is 0 Å². The van der Waals surface area contributed by atoms with E-state index in [-0.39, 0.29) is 11.6 Å². The van der Waals surface area contributed by atoms with E-state index in [1.807, 2.05) is 24.3 Å². The van der Waals surface area contributed by atoms with Gasteiger partial charge in [0.2, 0.25) is 5.82 Å². The van der Waals surface area contributed by atoms with Crippen molar-refractivity contribution in [1.29, 1.82) is 0 Å². The van der Waals surface area contributed by atoms with Crippen molar-refractivity contribution in [1.82, 2.24) is 30.1 Å². The molecule has 8 nitrogen and oxygen atoms in total. The van der Waals surface area contributed by atoms with E-state index in [1.54, 1.807) is 43.6 Å². The fourth-order valence-electron chi connectivity index (χ4n) is 3.08. The number of pyridine rings is 1. The fourth-order valence-corrected chi connectivity index (χ4v) is 3.08. The van der Waals surface area contributed by atoms with Crippen LogP contribution < -0.4 is 5.73 Å². The first-order valence-electron chi connectivity index (χ1n) is 9.61. The highest BCUT2D eigenvalue weighted by molar-refractivity contribution is 5.78. The Bertz CT molecular complexity index is 1240. The number of benzene rings is 1. The third kappa shape index (κ3) is 4.03. The van der Waals surface area contributed by atoms with Gasteiger partial charge in [0, 0.05) is 30.1 Å². The maximum absolute atomic E-state index is 14.3. The first-order chi connectivity index (χ1) is 15.1. The van der Waals surface area contributed by atoms with Crippen molar-refractivity contribution >= 4 is 5.70 Å². The minimum absolute atomic E-state index is 0.173. The van der Waals surface area contributed by atoms with Crippen LogP contribution in [0.2, 0.25) is 0 Å². The standard InChI is InChI=1S/C22H20FN7O/c1-3-4-18(14(2)23)30-20(16-9-11-25-12-10-16)19(27-29-30)22-26-21(28-31-22)17-7-5-15(13-24)6-8-17/h3-12H,13,24H2,1-2H3/b4-3-,18-14-. The maximum Gasteiger partial charge on any atom is 0.281 e. The van der Waals surface area contributed by atoms with Gasteiger partial charge in [-0.05, 0) is 37.6 Å². The van der Waals surface area contributed by atoms with E-state index < -0.39 is 5.83 Å². The molecule has 0 amide bonds. The molecule has 0 spiro atoms. The molecule has 156 valence electrons. The number of hydrogen-bond donors (Lipinski definition) is 1. The second kappa shape index (κ2) is 8.80. The van der Waals surface area contributed by atoms with E-state index in [4.69, 9.17) is 10.3 Å². The summed E-state index contributed by atoms with van der Waals surface area (Å²) in [5, 5.41) is 12.5. The molecule has 0 aliphatic rings. The summed E-state index contributed by atoms with van der Waals surface area (Å²) in [5.41, 5.74) is 9.27. The number of nitrogens with two attached hydrogens (primary N) is 1. The van der Waals surface area contributed by atoms with Gasteiger partial charge in [-0.15, -0.1) is 5.10 Å². The highest BCUT2D eigenvalue weighted by Crippen LogP contribution is 2.33. The first-order valence-corrected chi connectivity index (χ1v) is 9.61. The van der Waals surface area contributed by atoms with Crippen LogP contribution in [-0.2, 0) is 6.54 Å². The molecular formula is C22H20FN7O. The highest BCUT2D eigenvalue weighted by atomic mass is 19.1. The van der Waals surface area contributed by atoms with Crippen LogP contribution in [0.4, 0.5) is 4.39 Å². The molecule has 31 heavy (non-hydrogen) atoms. The lowest BCUT2D eigenvalue weighted by atomic mass is 10.1. The summed E-state index contributed by atoms with van der Waals surface area (Å²) >= 11 is 0. The van der Waals surface area contributed by atoms with Crippen LogP contribution in [-0.4, -0.2) is 30.1 Å². The van der Waals surface area contributed by atoms with Crippen molar-refractivity contribution in [2.45, 2.75) is 20.4 Å². The van der Waals surface area contributed by atoms with Gasteiger partial charge in [-0.25, -0.2) is 9.07 Å². The first kappa shape index (κ1) is 20.3. The van der Waals surface area contributed by atoms with Gasteiger partial charge in [-0.1, -0.05) is 40.7 Å². The predicted octanol–water partition coefficient (Wildman–Crippen LogP) is 4.25. The number of rotatable bonds is 6. The van der Waals surface area contributed by atoms with Crippen LogP contribution in [0, 0.1) is 0 Å². The van der Waals surface area contributed by atoms with E-state index in [2.05, 4.69) is 25.4 Å². The molecule has 3 heterocycles. The van der Waals surface area contributed by atoms with Crippen LogP contribution >= 0.6 is 0 Å². The van der Waals surface area contributed by atoms with Crippen LogP contribution in [0.15, 0.2) is 71.3 Å².